The zero-order valence-corrected chi connectivity index (χ0v) is 8.45. The molecule has 1 aliphatic rings. The molecule has 1 aliphatic heterocycles. The molecular weight excluding hydrogens is 184 g/mol. The van der Waals surface area contributed by atoms with Crippen LogP contribution in [0.2, 0.25) is 0 Å². The van der Waals surface area contributed by atoms with Gasteiger partial charge in [-0.1, -0.05) is 0 Å². The highest BCUT2D eigenvalue weighted by Crippen LogP contribution is 2.10. The summed E-state index contributed by atoms with van der Waals surface area (Å²) in [5.41, 5.74) is 0. The van der Waals surface area contributed by atoms with Crippen molar-refractivity contribution >= 4 is 6.03 Å². The van der Waals surface area contributed by atoms with Crippen LogP contribution in [0, 0.1) is 0 Å². The maximum Gasteiger partial charge on any atom is 0.315 e. The van der Waals surface area contributed by atoms with Gasteiger partial charge in [0.05, 0.1) is 18.8 Å². The average molecular weight is 202 g/mol. The van der Waals surface area contributed by atoms with Gasteiger partial charge in [0.1, 0.15) is 0 Å². The normalized spacial score (nSPS) is 23.1. The van der Waals surface area contributed by atoms with Crippen molar-refractivity contribution < 1.29 is 14.6 Å². The molecule has 0 aliphatic carbocycles. The first-order valence-corrected chi connectivity index (χ1v) is 4.99. The van der Waals surface area contributed by atoms with Crippen LogP contribution < -0.4 is 10.6 Å². The molecule has 0 saturated carbocycles. The van der Waals surface area contributed by atoms with Gasteiger partial charge in [0.2, 0.25) is 0 Å². The standard InChI is InChI=1S/C9H18N2O3/c1-7(6-12)11-9(13)10-5-8-3-2-4-14-8/h7-8,12H,2-6H2,1H3,(H2,10,11,13). The van der Waals surface area contributed by atoms with Gasteiger partial charge in [0, 0.05) is 13.2 Å². The molecule has 1 saturated heterocycles. The van der Waals surface area contributed by atoms with E-state index in [-0.39, 0.29) is 24.8 Å². The molecule has 0 aromatic heterocycles. The lowest BCUT2D eigenvalue weighted by Gasteiger charge is -2.14. The lowest BCUT2D eigenvalue weighted by atomic mass is 10.2. The highest BCUT2D eigenvalue weighted by molar-refractivity contribution is 5.74. The second-order valence-electron chi connectivity index (χ2n) is 3.57. The van der Waals surface area contributed by atoms with Crippen molar-refractivity contribution in [2.24, 2.45) is 0 Å². The Morgan fingerprint density at radius 2 is 2.50 bits per heavy atom. The highest BCUT2D eigenvalue weighted by atomic mass is 16.5. The van der Waals surface area contributed by atoms with E-state index in [1.165, 1.54) is 0 Å². The monoisotopic (exact) mass is 202 g/mol. The second-order valence-corrected chi connectivity index (χ2v) is 3.57. The van der Waals surface area contributed by atoms with Crippen LogP contribution in [0.5, 0.6) is 0 Å². The van der Waals surface area contributed by atoms with Crippen LogP contribution in [0.15, 0.2) is 0 Å². The summed E-state index contributed by atoms with van der Waals surface area (Å²) in [5, 5.41) is 14.0. The number of urea groups is 1. The summed E-state index contributed by atoms with van der Waals surface area (Å²) in [6.07, 6.45) is 2.24. The van der Waals surface area contributed by atoms with Gasteiger partial charge in [-0.15, -0.1) is 0 Å². The van der Waals surface area contributed by atoms with E-state index in [0.29, 0.717) is 6.54 Å². The minimum Gasteiger partial charge on any atom is -0.394 e. The SMILES string of the molecule is CC(CO)NC(=O)NCC1CCCO1. The van der Waals surface area contributed by atoms with Gasteiger partial charge in [0.15, 0.2) is 0 Å². The lowest BCUT2D eigenvalue weighted by molar-refractivity contribution is 0.111. The zero-order valence-electron chi connectivity index (χ0n) is 8.45. The van der Waals surface area contributed by atoms with E-state index >= 15 is 0 Å². The van der Waals surface area contributed by atoms with Crippen LogP contribution >= 0.6 is 0 Å². The minimum absolute atomic E-state index is 0.0483. The average Bonchev–Trinajstić information content (AvgIpc) is 2.67. The van der Waals surface area contributed by atoms with E-state index in [4.69, 9.17) is 9.84 Å². The first-order chi connectivity index (χ1) is 6.72. The summed E-state index contributed by atoms with van der Waals surface area (Å²) in [7, 11) is 0. The molecule has 1 heterocycles. The molecule has 0 aromatic rings. The molecule has 0 aromatic carbocycles. The van der Waals surface area contributed by atoms with E-state index in [2.05, 4.69) is 10.6 Å². The smallest absolute Gasteiger partial charge is 0.315 e. The molecule has 82 valence electrons. The molecule has 2 unspecified atom stereocenters. The Morgan fingerprint density at radius 3 is 3.07 bits per heavy atom. The van der Waals surface area contributed by atoms with Crippen LogP contribution in [0.25, 0.3) is 0 Å². The third-order valence-corrected chi connectivity index (χ3v) is 2.17. The van der Waals surface area contributed by atoms with Crippen LogP contribution in [0.4, 0.5) is 4.79 Å². The van der Waals surface area contributed by atoms with Gasteiger partial charge in [-0.25, -0.2) is 4.79 Å². The third-order valence-electron chi connectivity index (χ3n) is 2.17. The van der Waals surface area contributed by atoms with Crippen LogP contribution in [0.1, 0.15) is 19.8 Å². The van der Waals surface area contributed by atoms with Gasteiger partial charge in [-0.05, 0) is 19.8 Å². The fourth-order valence-corrected chi connectivity index (χ4v) is 1.33. The maximum atomic E-state index is 11.2. The fourth-order valence-electron chi connectivity index (χ4n) is 1.33. The van der Waals surface area contributed by atoms with Crippen molar-refractivity contribution in [3.05, 3.63) is 0 Å². The molecule has 0 bridgehead atoms. The summed E-state index contributed by atoms with van der Waals surface area (Å²) < 4.78 is 5.34. The number of carbonyl (C=O) groups is 1. The number of hydrogen-bond donors (Lipinski definition) is 3. The fraction of sp³-hybridized carbons (Fsp3) is 0.889. The Labute approximate surface area is 83.8 Å². The van der Waals surface area contributed by atoms with E-state index in [9.17, 15) is 4.79 Å². The Balaban J connectivity index is 2.08. The number of aliphatic hydroxyl groups is 1. The van der Waals surface area contributed by atoms with Crippen LogP contribution in [0.3, 0.4) is 0 Å². The predicted molar refractivity (Wildman–Crippen MR) is 52.1 cm³/mol. The van der Waals surface area contributed by atoms with E-state index in [1.807, 2.05) is 0 Å². The number of carbonyl (C=O) groups excluding carboxylic acids is 1. The maximum absolute atomic E-state index is 11.2. The van der Waals surface area contributed by atoms with Crippen molar-refractivity contribution in [3.8, 4) is 0 Å². The van der Waals surface area contributed by atoms with E-state index in [1.54, 1.807) is 6.92 Å². The lowest BCUT2D eigenvalue weighted by Crippen LogP contribution is -2.44. The summed E-state index contributed by atoms with van der Waals surface area (Å²) in [6, 6.07) is -0.457. The number of amides is 2. The Morgan fingerprint density at radius 1 is 1.71 bits per heavy atom. The number of nitrogens with one attached hydrogen (secondary N) is 2. The molecule has 3 N–H and O–H groups in total. The summed E-state index contributed by atoms with van der Waals surface area (Å²) in [6.45, 7) is 3.03. The van der Waals surface area contributed by atoms with Gasteiger partial charge in [-0.3, -0.25) is 0 Å². The molecule has 5 heteroatoms. The number of ether oxygens (including phenoxy) is 1. The van der Waals surface area contributed by atoms with Crippen LogP contribution in [-0.4, -0.2) is 43.0 Å². The van der Waals surface area contributed by atoms with Crippen molar-refractivity contribution in [3.63, 3.8) is 0 Å². The van der Waals surface area contributed by atoms with Crippen LogP contribution in [-0.2, 0) is 4.74 Å². The largest absolute Gasteiger partial charge is 0.394 e. The molecular formula is C9H18N2O3. The quantitative estimate of drug-likeness (QED) is 0.593. The van der Waals surface area contributed by atoms with Crippen molar-refractivity contribution in [1.29, 1.82) is 0 Å². The minimum atomic E-state index is -0.248. The molecule has 2 atom stereocenters. The highest BCUT2D eigenvalue weighted by Gasteiger charge is 2.16. The molecule has 0 radical (unpaired) electrons. The summed E-state index contributed by atoms with van der Waals surface area (Å²) in [4.78, 5) is 11.2. The number of rotatable bonds is 4. The Kier molecular flexibility index (Phi) is 4.69. The summed E-state index contributed by atoms with van der Waals surface area (Å²) >= 11 is 0. The first kappa shape index (κ1) is 11.3. The summed E-state index contributed by atoms with van der Waals surface area (Å²) in [5.74, 6) is 0. The van der Waals surface area contributed by atoms with Crippen molar-refractivity contribution in [2.45, 2.75) is 31.9 Å². The number of aliphatic hydroxyl groups excluding tert-OH is 1. The first-order valence-electron chi connectivity index (χ1n) is 4.99. The van der Waals surface area contributed by atoms with Gasteiger partial charge in [-0.2, -0.15) is 0 Å². The number of hydrogen-bond acceptors (Lipinski definition) is 3. The Hall–Kier alpha value is -0.810. The van der Waals surface area contributed by atoms with Gasteiger partial charge < -0.3 is 20.5 Å². The topological polar surface area (TPSA) is 70.6 Å². The molecule has 14 heavy (non-hydrogen) atoms. The Bertz CT molecular complexity index is 181. The zero-order chi connectivity index (χ0) is 10.4. The van der Waals surface area contributed by atoms with Crippen molar-refractivity contribution in [1.82, 2.24) is 10.6 Å². The van der Waals surface area contributed by atoms with E-state index < -0.39 is 0 Å². The predicted octanol–water partition coefficient (Wildman–Crippen LogP) is -0.155. The molecule has 1 rings (SSSR count). The molecule has 5 nitrogen and oxygen atoms in total. The van der Waals surface area contributed by atoms with Gasteiger partial charge >= 0.3 is 6.03 Å². The van der Waals surface area contributed by atoms with E-state index in [0.717, 1.165) is 19.4 Å². The molecule has 1 fully saturated rings. The third kappa shape index (κ3) is 3.93. The molecule has 2 amide bonds. The molecule has 0 spiro atoms. The van der Waals surface area contributed by atoms with Gasteiger partial charge in [0.25, 0.3) is 0 Å². The van der Waals surface area contributed by atoms with Crippen molar-refractivity contribution in [2.75, 3.05) is 19.8 Å². The second kappa shape index (κ2) is 5.82.